The number of nitrogens with one attached hydrogen (secondary N) is 1. The molecule has 0 heterocycles. The molecule has 0 radical (unpaired) electrons. The molecule has 3 unspecified atom stereocenters. The van der Waals surface area contributed by atoms with Crippen LogP contribution in [-0.4, -0.2) is 12.1 Å². The molecule has 3 atom stereocenters. The van der Waals surface area contributed by atoms with E-state index in [2.05, 4.69) is 26.1 Å². The molecule has 1 heteroatoms. The fourth-order valence-corrected chi connectivity index (χ4v) is 1.88. The van der Waals surface area contributed by atoms with Crippen molar-refractivity contribution in [3.63, 3.8) is 0 Å². The topological polar surface area (TPSA) is 12.0 Å². The smallest absolute Gasteiger partial charge is 0.00988 e. The molecule has 1 saturated carbocycles. The molecule has 0 bridgehead atoms. The Morgan fingerprint density at radius 3 is 2.54 bits per heavy atom. The summed E-state index contributed by atoms with van der Waals surface area (Å²) in [6.45, 7) is 6.94. The van der Waals surface area contributed by atoms with Gasteiger partial charge in [0, 0.05) is 12.1 Å². The normalized spacial score (nSPS) is 28.8. The van der Waals surface area contributed by atoms with E-state index in [0.29, 0.717) is 0 Å². The van der Waals surface area contributed by atoms with Gasteiger partial charge in [0.05, 0.1) is 0 Å². The summed E-state index contributed by atoms with van der Waals surface area (Å²) in [5.74, 6) is 0.943. The van der Waals surface area contributed by atoms with Crippen molar-refractivity contribution in [2.24, 2.45) is 5.92 Å². The van der Waals surface area contributed by atoms with Gasteiger partial charge in [-0.3, -0.25) is 0 Å². The second-order valence-electron chi connectivity index (χ2n) is 4.74. The lowest BCUT2D eigenvalue weighted by Gasteiger charge is -2.12. The Bertz CT molecular complexity index is 133. The molecule has 13 heavy (non-hydrogen) atoms. The molecule has 1 fully saturated rings. The largest absolute Gasteiger partial charge is 0.311 e. The second kappa shape index (κ2) is 5.64. The van der Waals surface area contributed by atoms with E-state index < -0.39 is 0 Å². The predicted octanol–water partition coefficient (Wildman–Crippen LogP) is 3.34. The molecule has 1 aliphatic carbocycles. The van der Waals surface area contributed by atoms with E-state index in [9.17, 15) is 0 Å². The van der Waals surface area contributed by atoms with Gasteiger partial charge in [0.15, 0.2) is 0 Å². The van der Waals surface area contributed by atoms with E-state index in [1.165, 1.54) is 38.5 Å². The highest BCUT2D eigenvalue weighted by atomic mass is 15.0. The van der Waals surface area contributed by atoms with E-state index in [4.69, 9.17) is 0 Å². The van der Waals surface area contributed by atoms with Crippen LogP contribution in [0.5, 0.6) is 0 Å². The van der Waals surface area contributed by atoms with Crippen LogP contribution in [0.25, 0.3) is 0 Å². The summed E-state index contributed by atoms with van der Waals surface area (Å²) in [5.41, 5.74) is 0. The first-order valence-corrected chi connectivity index (χ1v) is 6.00. The number of unbranched alkanes of at least 4 members (excludes halogenated alkanes) is 3. The molecule has 0 amide bonds. The molecule has 0 aromatic rings. The molecular formula is C12H25N. The van der Waals surface area contributed by atoms with Crippen molar-refractivity contribution in [2.45, 2.75) is 71.4 Å². The second-order valence-corrected chi connectivity index (χ2v) is 4.74. The lowest BCUT2D eigenvalue weighted by molar-refractivity contribution is 0.472. The summed E-state index contributed by atoms with van der Waals surface area (Å²) < 4.78 is 0. The van der Waals surface area contributed by atoms with Crippen molar-refractivity contribution >= 4 is 0 Å². The van der Waals surface area contributed by atoms with Crippen LogP contribution in [0.15, 0.2) is 0 Å². The quantitative estimate of drug-likeness (QED) is 0.597. The van der Waals surface area contributed by atoms with Crippen molar-refractivity contribution in [1.29, 1.82) is 0 Å². The maximum absolute atomic E-state index is 3.68. The molecule has 0 saturated heterocycles. The fourth-order valence-electron chi connectivity index (χ4n) is 1.88. The van der Waals surface area contributed by atoms with E-state index >= 15 is 0 Å². The molecule has 0 spiro atoms. The minimum atomic E-state index is 0.742. The Labute approximate surface area is 83.3 Å². The van der Waals surface area contributed by atoms with Crippen molar-refractivity contribution in [3.05, 3.63) is 0 Å². The monoisotopic (exact) mass is 183 g/mol. The van der Waals surface area contributed by atoms with Crippen LogP contribution < -0.4 is 5.32 Å². The van der Waals surface area contributed by atoms with Crippen LogP contribution in [0.4, 0.5) is 0 Å². The van der Waals surface area contributed by atoms with E-state index in [1.54, 1.807) is 0 Å². The van der Waals surface area contributed by atoms with Crippen molar-refractivity contribution < 1.29 is 0 Å². The Morgan fingerprint density at radius 2 is 2.00 bits per heavy atom. The first-order valence-electron chi connectivity index (χ1n) is 6.00. The Hall–Kier alpha value is -0.0400. The van der Waals surface area contributed by atoms with Crippen LogP contribution in [0.1, 0.15) is 59.3 Å². The van der Waals surface area contributed by atoms with Crippen LogP contribution >= 0.6 is 0 Å². The Morgan fingerprint density at radius 1 is 1.31 bits per heavy atom. The van der Waals surface area contributed by atoms with Gasteiger partial charge in [-0.15, -0.1) is 0 Å². The van der Waals surface area contributed by atoms with Crippen molar-refractivity contribution in [2.75, 3.05) is 0 Å². The molecule has 0 aromatic heterocycles. The molecule has 0 aliphatic heterocycles. The van der Waals surface area contributed by atoms with Crippen LogP contribution in [0, 0.1) is 5.92 Å². The number of hydrogen-bond donors (Lipinski definition) is 1. The summed E-state index contributed by atoms with van der Waals surface area (Å²) in [6, 6.07) is 1.59. The molecule has 1 N–H and O–H groups in total. The Balaban J connectivity index is 1.89. The zero-order valence-electron chi connectivity index (χ0n) is 9.47. The molecule has 1 aliphatic rings. The average Bonchev–Trinajstić information content (AvgIpc) is 2.76. The lowest BCUT2D eigenvalue weighted by Crippen LogP contribution is -2.28. The summed E-state index contributed by atoms with van der Waals surface area (Å²) in [4.78, 5) is 0. The lowest BCUT2D eigenvalue weighted by atomic mass is 10.1. The van der Waals surface area contributed by atoms with Gasteiger partial charge in [0.2, 0.25) is 0 Å². The predicted molar refractivity (Wildman–Crippen MR) is 58.9 cm³/mol. The van der Waals surface area contributed by atoms with Gasteiger partial charge in [-0.25, -0.2) is 0 Å². The number of rotatable bonds is 7. The molecule has 0 aromatic carbocycles. The summed E-state index contributed by atoms with van der Waals surface area (Å²) in [7, 11) is 0. The Kier molecular flexibility index (Phi) is 4.79. The van der Waals surface area contributed by atoms with E-state index in [0.717, 1.165) is 18.0 Å². The molecule has 1 rings (SSSR count). The van der Waals surface area contributed by atoms with E-state index in [1.807, 2.05) is 0 Å². The van der Waals surface area contributed by atoms with Crippen LogP contribution in [0.2, 0.25) is 0 Å². The highest BCUT2D eigenvalue weighted by Crippen LogP contribution is 2.29. The third kappa shape index (κ3) is 4.66. The highest BCUT2D eigenvalue weighted by Gasteiger charge is 2.32. The first-order chi connectivity index (χ1) is 6.24. The van der Waals surface area contributed by atoms with Crippen molar-refractivity contribution in [1.82, 2.24) is 5.32 Å². The van der Waals surface area contributed by atoms with E-state index in [-0.39, 0.29) is 0 Å². The van der Waals surface area contributed by atoms with Gasteiger partial charge < -0.3 is 5.32 Å². The molecule has 1 nitrogen and oxygen atoms in total. The minimum Gasteiger partial charge on any atom is -0.311 e. The highest BCUT2D eigenvalue weighted by molar-refractivity contribution is 4.90. The zero-order valence-corrected chi connectivity index (χ0v) is 9.47. The zero-order chi connectivity index (χ0) is 9.68. The van der Waals surface area contributed by atoms with Gasteiger partial charge >= 0.3 is 0 Å². The first kappa shape index (κ1) is 11.0. The minimum absolute atomic E-state index is 0.742. The maximum Gasteiger partial charge on any atom is 0.00988 e. The number of hydrogen-bond acceptors (Lipinski definition) is 1. The van der Waals surface area contributed by atoms with Gasteiger partial charge in [-0.2, -0.15) is 0 Å². The third-order valence-electron chi connectivity index (χ3n) is 3.10. The molecule has 78 valence electrons. The van der Waals surface area contributed by atoms with Gasteiger partial charge in [-0.1, -0.05) is 39.5 Å². The fraction of sp³-hybridized carbons (Fsp3) is 1.00. The van der Waals surface area contributed by atoms with Crippen LogP contribution in [-0.2, 0) is 0 Å². The van der Waals surface area contributed by atoms with Gasteiger partial charge in [0.25, 0.3) is 0 Å². The third-order valence-corrected chi connectivity index (χ3v) is 3.10. The van der Waals surface area contributed by atoms with Crippen LogP contribution in [0.3, 0.4) is 0 Å². The van der Waals surface area contributed by atoms with Crippen molar-refractivity contribution in [3.8, 4) is 0 Å². The maximum atomic E-state index is 3.68. The standard InChI is InChI=1S/C12H25N/c1-4-5-6-7-8-11(3)13-12-9-10(12)2/h10-13H,4-9H2,1-3H3. The summed E-state index contributed by atoms with van der Waals surface area (Å²) in [5, 5.41) is 3.68. The SMILES string of the molecule is CCCCCCC(C)NC1CC1C. The summed E-state index contributed by atoms with van der Waals surface area (Å²) >= 11 is 0. The van der Waals surface area contributed by atoms with Gasteiger partial charge in [-0.05, 0) is 25.7 Å². The molecular weight excluding hydrogens is 158 g/mol. The summed E-state index contributed by atoms with van der Waals surface area (Å²) in [6.07, 6.45) is 8.35. The average molecular weight is 183 g/mol. The van der Waals surface area contributed by atoms with Gasteiger partial charge in [0.1, 0.15) is 0 Å².